The molecule has 0 bridgehead atoms. The highest BCUT2D eigenvalue weighted by Gasteiger charge is 2.18. The minimum atomic E-state index is -1.59. The number of benzene rings is 1. The Morgan fingerprint density at radius 1 is 1.09 bits per heavy atom. The van der Waals surface area contributed by atoms with Crippen LogP contribution in [0.1, 0.15) is 31.3 Å². The molecule has 5 nitrogen and oxygen atoms in total. The van der Waals surface area contributed by atoms with Gasteiger partial charge in [-0.2, -0.15) is 0 Å². The number of halogens is 3. The zero-order valence-electron chi connectivity index (χ0n) is 12.7. The van der Waals surface area contributed by atoms with E-state index in [1.165, 1.54) is 6.07 Å². The molecule has 1 amide bonds. The SMILES string of the molecule is CC(C)(C)NC(=O)c1cc(Nc2ccc(F)c(F)c2F)ncn1. The fraction of sp³-hybridized carbons (Fsp3) is 0.267. The molecular weight excluding hydrogens is 309 g/mol. The molecule has 23 heavy (non-hydrogen) atoms. The molecule has 0 saturated heterocycles. The first-order valence-electron chi connectivity index (χ1n) is 6.72. The molecule has 1 aromatic heterocycles. The van der Waals surface area contributed by atoms with Crippen LogP contribution < -0.4 is 10.6 Å². The Kier molecular flexibility index (Phi) is 4.53. The molecule has 2 aromatic rings. The van der Waals surface area contributed by atoms with Crippen molar-refractivity contribution in [2.24, 2.45) is 0 Å². The summed E-state index contributed by atoms with van der Waals surface area (Å²) in [5.41, 5.74) is -0.702. The van der Waals surface area contributed by atoms with Crippen LogP contribution in [0.4, 0.5) is 24.7 Å². The van der Waals surface area contributed by atoms with E-state index in [-0.39, 0.29) is 17.2 Å². The average Bonchev–Trinajstić information content (AvgIpc) is 2.46. The normalized spacial score (nSPS) is 11.2. The molecule has 0 aliphatic heterocycles. The van der Waals surface area contributed by atoms with Gasteiger partial charge in [0.25, 0.3) is 5.91 Å². The second-order valence-electron chi connectivity index (χ2n) is 5.84. The molecule has 0 saturated carbocycles. The van der Waals surface area contributed by atoms with Crippen molar-refractivity contribution < 1.29 is 18.0 Å². The maximum Gasteiger partial charge on any atom is 0.270 e. The summed E-state index contributed by atoms with van der Waals surface area (Å²) >= 11 is 0. The second kappa shape index (κ2) is 6.23. The van der Waals surface area contributed by atoms with Crippen LogP contribution in [0, 0.1) is 17.5 Å². The van der Waals surface area contributed by atoms with Gasteiger partial charge < -0.3 is 10.6 Å². The van der Waals surface area contributed by atoms with E-state index in [0.717, 1.165) is 18.5 Å². The number of nitrogens with one attached hydrogen (secondary N) is 2. The Bertz CT molecular complexity index is 744. The quantitative estimate of drug-likeness (QED) is 0.851. The van der Waals surface area contributed by atoms with Crippen molar-refractivity contribution in [3.05, 3.63) is 47.7 Å². The lowest BCUT2D eigenvalue weighted by molar-refractivity contribution is 0.0914. The first-order chi connectivity index (χ1) is 10.7. The number of amides is 1. The summed E-state index contributed by atoms with van der Waals surface area (Å²) in [6, 6.07) is 3.10. The topological polar surface area (TPSA) is 66.9 Å². The van der Waals surface area contributed by atoms with E-state index in [9.17, 15) is 18.0 Å². The third-order valence-corrected chi connectivity index (χ3v) is 2.69. The van der Waals surface area contributed by atoms with E-state index in [0.29, 0.717) is 0 Å². The smallest absolute Gasteiger partial charge is 0.270 e. The lowest BCUT2D eigenvalue weighted by atomic mass is 10.1. The van der Waals surface area contributed by atoms with Crippen molar-refractivity contribution in [3.8, 4) is 0 Å². The minimum Gasteiger partial charge on any atom is -0.346 e. The van der Waals surface area contributed by atoms with E-state index < -0.39 is 28.9 Å². The van der Waals surface area contributed by atoms with Crippen molar-refractivity contribution in [3.63, 3.8) is 0 Å². The monoisotopic (exact) mass is 324 g/mol. The van der Waals surface area contributed by atoms with E-state index in [1.54, 1.807) is 0 Å². The summed E-state index contributed by atoms with van der Waals surface area (Å²) in [6.07, 6.45) is 1.11. The Balaban J connectivity index is 2.24. The minimum absolute atomic E-state index is 0.0559. The van der Waals surface area contributed by atoms with Gasteiger partial charge in [0.15, 0.2) is 17.5 Å². The van der Waals surface area contributed by atoms with Crippen LogP contribution in [0.5, 0.6) is 0 Å². The molecule has 0 radical (unpaired) electrons. The summed E-state index contributed by atoms with van der Waals surface area (Å²) in [7, 11) is 0. The van der Waals surface area contributed by atoms with Crippen LogP contribution in [-0.4, -0.2) is 21.4 Å². The maximum absolute atomic E-state index is 13.6. The second-order valence-corrected chi connectivity index (χ2v) is 5.84. The van der Waals surface area contributed by atoms with Gasteiger partial charge in [-0.25, -0.2) is 23.1 Å². The van der Waals surface area contributed by atoms with Gasteiger partial charge in [-0.15, -0.1) is 0 Å². The third-order valence-electron chi connectivity index (χ3n) is 2.69. The van der Waals surface area contributed by atoms with Crippen molar-refractivity contribution in [1.29, 1.82) is 0 Å². The molecule has 8 heteroatoms. The standard InChI is InChI=1S/C15H15F3N4O/c1-15(2,3)22-14(23)10-6-11(20-7-19-10)21-9-5-4-8(16)12(17)13(9)18/h4-7H,1-3H3,(H,22,23)(H,19,20,21). The Morgan fingerprint density at radius 3 is 2.43 bits per heavy atom. The van der Waals surface area contributed by atoms with Gasteiger partial charge in [-0.3, -0.25) is 4.79 Å². The number of carbonyl (C=O) groups is 1. The van der Waals surface area contributed by atoms with Gasteiger partial charge in [0.1, 0.15) is 17.8 Å². The molecular formula is C15H15F3N4O. The van der Waals surface area contributed by atoms with E-state index in [1.807, 2.05) is 20.8 Å². The van der Waals surface area contributed by atoms with Crippen molar-refractivity contribution in [2.75, 3.05) is 5.32 Å². The van der Waals surface area contributed by atoms with Gasteiger partial charge in [0.2, 0.25) is 0 Å². The predicted octanol–water partition coefficient (Wildman–Crippen LogP) is 3.17. The van der Waals surface area contributed by atoms with Crippen molar-refractivity contribution in [1.82, 2.24) is 15.3 Å². The molecule has 2 rings (SSSR count). The van der Waals surface area contributed by atoms with Crippen LogP contribution in [0.2, 0.25) is 0 Å². The zero-order valence-corrected chi connectivity index (χ0v) is 12.7. The lowest BCUT2D eigenvalue weighted by Gasteiger charge is -2.20. The number of carbonyl (C=O) groups excluding carboxylic acids is 1. The molecule has 0 atom stereocenters. The van der Waals surface area contributed by atoms with Crippen LogP contribution in [0.3, 0.4) is 0 Å². The van der Waals surface area contributed by atoms with E-state index in [2.05, 4.69) is 20.6 Å². The highest BCUT2D eigenvalue weighted by molar-refractivity contribution is 5.93. The van der Waals surface area contributed by atoms with Crippen molar-refractivity contribution in [2.45, 2.75) is 26.3 Å². The summed E-state index contributed by atoms with van der Waals surface area (Å²) in [4.78, 5) is 19.7. The Labute approximate surface area is 131 Å². The number of nitrogens with zero attached hydrogens (tertiary/aromatic N) is 2. The molecule has 2 N–H and O–H groups in total. The van der Waals surface area contributed by atoms with Gasteiger partial charge in [0.05, 0.1) is 5.69 Å². The molecule has 0 spiro atoms. The summed E-state index contributed by atoms with van der Waals surface area (Å²) in [5.74, 6) is -4.61. The summed E-state index contributed by atoms with van der Waals surface area (Å²) in [6.45, 7) is 5.42. The molecule has 1 aromatic carbocycles. The van der Waals surface area contributed by atoms with Crippen molar-refractivity contribution >= 4 is 17.4 Å². The van der Waals surface area contributed by atoms with E-state index >= 15 is 0 Å². The van der Waals surface area contributed by atoms with Crippen LogP contribution in [-0.2, 0) is 0 Å². The summed E-state index contributed by atoms with van der Waals surface area (Å²) < 4.78 is 39.7. The molecule has 0 aliphatic carbocycles. The molecule has 0 unspecified atom stereocenters. The Hall–Kier alpha value is -2.64. The molecule has 122 valence electrons. The zero-order chi connectivity index (χ0) is 17.2. The number of rotatable bonds is 3. The number of hydrogen-bond donors (Lipinski definition) is 2. The highest BCUT2D eigenvalue weighted by Crippen LogP contribution is 2.22. The number of hydrogen-bond acceptors (Lipinski definition) is 4. The van der Waals surface area contributed by atoms with Gasteiger partial charge in [-0.05, 0) is 32.9 Å². The fourth-order valence-corrected chi connectivity index (χ4v) is 1.71. The van der Waals surface area contributed by atoms with Gasteiger partial charge >= 0.3 is 0 Å². The van der Waals surface area contributed by atoms with Crippen LogP contribution in [0.25, 0.3) is 0 Å². The first kappa shape index (κ1) is 16.7. The molecule has 0 aliphatic rings. The lowest BCUT2D eigenvalue weighted by Crippen LogP contribution is -2.40. The molecule has 1 heterocycles. The first-order valence-corrected chi connectivity index (χ1v) is 6.72. The summed E-state index contributed by atoms with van der Waals surface area (Å²) in [5, 5.41) is 5.20. The Morgan fingerprint density at radius 2 is 1.78 bits per heavy atom. The van der Waals surface area contributed by atoms with Gasteiger partial charge in [-0.1, -0.05) is 0 Å². The van der Waals surface area contributed by atoms with Gasteiger partial charge in [0, 0.05) is 11.6 Å². The fourth-order valence-electron chi connectivity index (χ4n) is 1.71. The predicted molar refractivity (Wildman–Crippen MR) is 78.8 cm³/mol. The maximum atomic E-state index is 13.6. The van der Waals surface area contributed by atoms with Crippen LogP contribution in [0.15, 0.2) is 24.5 Å². The van der Waals surface area contributed by atoms with E-state index in [4.69, 9.17) is 0 Å². The third kappa shape index (κ3) is 4.18. The van der Waals surface area contributed by atoms with Crippen LogP contribution >= 0.6 is 0 Å². The largest absolute Gasteiger partial charge is 0.346 e. The molecule has 0 fully saturated rings. The number of anilines is 2. The highest BCUT2D eigenvalue weighted by atomic mass is 19.2. The number of aromatic nitrogens is 2. The average molecular weight is 324 g/mol.